The van der Waals surface area contributed by atoms with Gasteiger partial charge in [-0.05, 0) is 30.2 Å². The van der Waals surface area contributed by atoms with E-state index in [0.29, 0.717) is 10.6 Å². The van der Waals surface area contributed by atoms with Crippen LogP contribution in [-0.2, 0) is 15.8 Å². The molecule has 0 unspecified atom stereocenters. The first-order valence-corrected chi connectivity index (χ1v) is 8.90. The van der Waals surface area contributed by atoms with Crippen molar-refractivity contribution in [2.24, 2.45) is 0 Å². The van der Waals surface area contributed by atoms with Crippen LogP contribution in [0.2, 0.25) is 5.02 Å². The molecule has 0 aromatic heterocycles. The van der Waals surface area contributed by atoms with Crippen LogP contribution in [-0.4, -0.2) is 21.6 Å². The summed E-state index contributed by atoms with van der Waals surface area (Å²) < 4.78 is 32.1. The van der Waals surface area contributed by atoms with E-state index in [0.717, 1.165) is 11.3 Å². The Morgan fingerprint density at radius 2 is 1.77 bits per heavy atom. The van der Waals surface area contributed by atoms with Crippen LogP contribution in [0, 0.1) is 6.92 Å². The minimum Gasteiger partial charge on any atom is -0.492 e. The van der Waals surface area contributed by atoms with Gasteiger partial charge in [0.2, 0.25) is 10.0 Å². The summed E-state index contributed by atoms with van der Waals surface area (Å²) in [7, 11) is -3.44. The summed E-state index contributed by atoms with van der Waals surface area (Å²) in [6.07, 6.45) is 0. The Bertz CT molecular complexity index is 732. The summed E-state index contributed by atoms with van der Waals surface area (Å²) in [6.45, 7) is 2.42. The zero-order chi connectivity index (χ0) is 16.0. The first-order valence-electron chi connectivity index (χ1n) is 6.87. The van der Waals surface area contributed by atoms with E-state index in [4.69, 9.17) is 16.3 Å². The molecule has 0 radical (unpaired) electrons. The highest BCUT2D eigenvalue weighted by molar-refractivity contribution is 7.88. The number of hydrogen-bond acceptors (Lipinski definition) is 3. The van der Waals surface area contributed by atoms with E-state index < -0.39 is 10.0 Å². The van der Waals surface area contributed by atoms with E-state index in [9.17, 15) is 8.42 Å². The topological polar surface area (TPSA) is 55.4 Å². The molecule has 0 saturated heterocycles. The fourth-order valence-corrected chi connectivity index (χ4v) is 3.39. The first-order chi connectivity index (χ1) is 10.5. The zero-order valence-corrected chi connectivity index (χ0v) is 13.8. The van der Waals surface area contributed by atoms with Crippen LogP contribution in [0.25, 0.3) is 0 Å². The molecule has 0 amide bonds. The number of sulfonamides is 1. The maximum atomic E-state index is 12.0. The average Bonchev–Trinajstić information content (AvgIpc) is 2.47. The first kappa shape index (κ1) is 16.8. The van der Waals surface area contributed by atoms with E-state index in [1.807, 2.05) is 31.2 Å². The lowest BCUT2D eigenvalue weighted by molar-refractivity contribution is 0.320. The minimum atomic E-state index is -3.44. The third-order valence-corrected chi connectivity index (χ3v) is 4.78. The lowest BCUT2D eigenvalue weighted by atomic mass is 10.2. The lowest BCUT2D eigenvalue weighted by Gasteiger charge is -2.10. The molecule has 4 nitrogen and oxygen atoms in total. The number of aryl methyl sites for hydroxylation is 1. The molecule has 2 aromatic rings. The van der Waals surface area contributed by atoms with Crippen LogP contribution >= 0.6 is 11.6 Å². The Hall–Kier alpha value is -1.56. The van der Waals surface area contributed by atoms with Gasteiger partial charge in [0, 0.05) is 11.6 Å². The molecule has 1 N–H and O–H groups in total. The molecule has 2 rings (SSSR count). The van der Waals surface area contributed by atoms with Gasteiger partial charge in [-0.2, -0.15) is 0 Å². The van der Waals surface area contributed by atoms with Crippen LogP contribution in [0.4, 0.5) is 0 Å². The number of hydrogen-bond donors (Lipinski definition) is 1. The normalized spacial score (nSPS) is 11.4. The summed E-state index contributed by atoms with van der Waals surface area (Å²) >= 11 is 5.97. The van der Waals surface area contributed by atoms with Gasteiger partial charge in [-0.3, -0.25) is 0 Å². The summed E-state index contributed by atoms with van der Waals surface area (Å²) in [4.78, 5) is 0. The Kier molecular flexibility index (Phi) is 5.83. The van der Waals surface area contributed by atoms with Crippen molar-refractivity contribution >= 4 is 21.6 Å². The summed E-state index contributed by atoms with van der Waals surface area (Å²) in [5.74, 6) is 0.615. The van der Waals surface area contributed by atoms with Crippen molar-refractivity contribution in [1.29, 1.82) is 0 Å². The van der Waals surface area contributed by atoms with Gasteiger partial charge in [0.25, 0.3) is 0 Å². The highest BCUT2D eigenvalue weighted by atomic mass is 35.5. The third kappa shape index (κ3) is 5.02. The number of benzene rings is 2. The van der Waals surface area contributed by atoms with Gasteiger partial charge >= 0.3 is 0 Å². The molecule has 0 aliphatic carbocycles. The van der Waals surface area contributed by atoms with E-state index in [-0.39, 0.29) is 18.9 Å². The number of para-hydroxylation sites is 1. The molecule has 22 heavy (non-hydrogen) atoms. The van der Waals surface area contributed by atoms with Crippen molar-refractivity contribution in [2.45, 2.75) is 12.7 Å². The molecule has 0 atom stereocenters. The van der Waals surface area contributed by atoms with Crippen molar-refractivity contribution in [2.75, 3.05) is 13.2 Å². The highest BCUT2D eigenvalue weighted by Crippen LogP contribution is 2.17. The molecule has 0 bridgehead atoms. The third-order valence-electron chi connectivity index (χ3n) is 3.08. The molecule has 6 heteroatoms. The van der Waals surface area contributed by atoms with Crippen LogP contribution < -0.4 is 9.46 Å². The summed E-state index contributed by atoms with van der Waals surface area (Å²) in [5, 5.41) is 0.448. The second-order valence-electron chi connectivity index (χ2n) is 4.86. The smallest absolute Gasteiger partial charge is 0.215 e. The number of rotatable bonds is 7. The SMILES string of the molecule is Cc1ccccc1OCCNS(=O)(=O)Cc1ccccc1Cl. The fraction of sp³-hybridized carbons (Fsp3) is 0.250. The average molecular weight is 340 g/mol. The van der Waals surface area contributed by atoms with Crippen molar-refractivity contribution < 1.29 is 13.2 Å². The Labute approximate surface area is 136 Å². The van der Waals surface area contributed by atoms with Crippen molar-refractivity contribution in [3.05, 3.63) is 64.7 Å². The molecular weight excluding hydrogens is 322 g/mol. The van der Waals surface area contributed by atoms with E-state index in [2.05, 4.69) is 4.72 Å². The maximum Gasteiger partial charge on any atom is 0.215 e. The molecule has 0 aliphatic heterocycles. The van der Waals surface area contributed by atoms with Crippen LogP contribution in [0.3, 0.4) is 0 Å². The van der Waals surface area contributed by atoms with Crippen LogP contribution in [0.15, 0.2) is 48.5 Å². The molecule has 0 aliphatic rings. The Balaban J connectivity index is 1.83. The number of ether oxygens (including phenoxy) is 1. The van der Waals surface area contributed by atoms with Gasteiger partial charge in [0.1, 0.15) is 12.4 Å². The van der Waals surface area contributed by atoms with Gasteiger partial charge in [-0.25, -0.2) is 13.1 Å². The van der Waals surface area contributed by atoms with Crippen LogP contribution in [0.5, 0.6) is 5.75 Å². The maximum absolute atomic E-state index is 12.0. The molecule has 0 saturated carbocycles. The number of nitrogens with one attached hydrogen (secondary N) is 1. The molecule has 118 valence electrons. The van der Waals surface area contributed by atoms with Gasteiger partial charge in [0.15, 0.2) is 0 Å². The van der Waals surface area contributed by atoms with E-state index >= 15 is 0 Å². The van der Waals surface area contributed by atoms with E-state index in [1.165, 1.54) is 0 Å². The molecule has 0 spiro atoms. The highest BCUT2D eigenvalue weighted by Gasteiger charge is 2.13. The Morgan fingerprint density at radius 3 is 2.50 bits per heavy atom. The fourth-order valence-electron chi connectivity index (χ4n) is 1.95. The largest absolute Gasteiger partial charge is 0.492 e. The summed E-state index contributed by atoms with van der Waals surface area (Å²) in [5.41, 5.74) is 1.60. The van der Waals surface area contributed by atoms with Crippen molar-refractivity contribution in [3.8, 4) is 5.75 Å². The quantitative estimate of drug-likeness (QED) is 0.788. The predicted octanol–water partition coefficient (Wildman–Crippen LogP) is 3.15. The standard InChI is InChI=1S/C16H18ClNO3S/c1-13-6-2-5-9-16(13)21-11-10-18-22(19,20)12-14-7-3-4-8-15(14)17/h2-9,18H,10-12H2,1H3. The monoisotopic (exact) mass is 339 g/mol. The molecule has 0 fully saturated rings. The summed E-state index contributed by atoms with van der Waals surface area (Å²) in [6, 6.07) is 14.5. The number of halogens is 1. The minimum absolute atomic E-state index is 0.142. The van der Waals surface area contributed by atoms with Crippen LogP contribution in [0.1, 0.15) is 11.1 Å². The molecule has 0 heterocycles. The van der Waals surface area contributed by atoms with Crippen molar-refractivity contribution in [3.63, 3.8) is 0 Å². The second kappa shape index (κ2) is 7.63. The van der Waals surface area contributed by atoms with Crippen molar-refractivity contribution in [1.82, 2.24) is 4.72 Å². The van der Waals surface area contributed by atoms with Gasteiger partial charge in [0.05, 0.1) is 5.75 Å². The zero-order valence-electron chi connectivity index (χ0n) is 12.3. The molecular formula is C16H18ClNO3S. The predicted molar refractivity (Wildman–Crippen MR) is 88.8 cm³/mol. The second-order valence-corrected chi connectivity index (χ2v) is 7.07. The van der Waals surface area contributed by atoms with Gasteiger partial charge in [-0.15, -0.1) is 0 Å². The van der Waals surface area contributed by atoms with Gasteiger partial charge in [-0.1, -0.05) is 48.0 Å². The van der Waals surface area contributed by atoms with Gasteiger partial charge < -0.3 is 4.74 Å². The molecule has 2 aromatic carbocycles. The Morgan fingerprint density at radius 1 is 1.09 bits per heavy atom. The lowest BCUT2D eigenvalue weighted by Crippen LogP contribution is -2.29. The van der Waals surface area contributed by atoms with E-state index in [1.54, 1.807) is 24.3 Å².